The van der Waals surface area contributed by atoms with E-state index < -0.39 is 0 Å². The molecule has 0 saturated carbocycles. The lowest BCUT2D eigenvalue weighted by molar-refractivity contribution is 0.443. The van der Waals surface area contributed by atoms with E-state index in [0.29, 0.717) is 28.0 Å². The number of aromatic nitrogens is 3. The highest BCUT2D eigenvalue weighted by molar-refractivity contribution is 6.33. The van der Waals surface area contributed by atoms with Gasteiger partial charge in [0.1, 0.15) is 0 Å². The van der Waals surface area contributed by atoms with E-state index in [-0.39, 0.29) is 5.56 Å². The average molecular weight is 369 g/mol. The number of hydrogen-bond donors (Lipinski definition) is 1. The summed E-state index contributed by atoms with van der Waals surface area (Å²) in [5.41, 5.74) is 1.85. The number of H-pyrrole nitrogens is 1. The van der Waals surface area contributed by atoms with Crippen molar-refractivity contribution in [2.45, 2.75) is 38.6 Å². The van der Waals surface area contributed by atoms with Gasteiger partial charge in [-0.3, -0.25) is 9.78 Å². The number of benzene rings is 1. The SMILES string of the molecule is CCC1CCCCN1c1nc2nccc(-c3ccccc3Cl)c2c(=O)[nH]1. The quantitative estimate of drug-likeness (QED) is 0.743. The molecule has 1 saturated heterocycles. The van der Waals surface area contributed by atoms with E-state index in [2.05, 4.69) is 26.8 Å². The first-order chi connectivity index (χ1) is 12.7. The molecule has 134 valence electrons. The van der Waals surface area contributed by atoms with Crippen LogP contribution in [-0.4, -0.2) is 27.5 Å². The van der Waals surface area contributed by atoms with Crippen LogP contribution in [-0.2, 0) is 0 Å². The average Bonchev–Trinajstić information content (AvgIpc) is 2.67. The molecule has 0 spiro atoms. The van der Waals surface area contributed by atoms with Crippen molar-refractivity contribution in [1.82, 2.24) is 15.0 Å². The van der Waals surface area contributed by atoms with Gasteiger partial charge in [0, 0.05) is 34.9 Å². The second-order valence-corrected chi connectivity index (χ2v) is 7.08. The van der Waals surface area contributed by atoms with Crippen LogP contribution >= 0.6 is 11.6 Å². The summed E-state index contributed by atoms with van der Waals surface area (Å²) in [5, 5.41) is 1.08. The van der Waals surface area contributed by atoms with Crippen LogP contribution < -0.4 is 10.5 Å². The van der Waals surface area contributed by atoms with Crippen LogP contribution in [0, 0.1) is 0 Å². The van der Waals surface area contributed by atoms with Crippen molar-refractivity contribution in [3.8, 4) is 11.1 Å². The Morgan fingerprint density at radius 2 is 2.08 bits per heavy atom. The van der Waals surface area contributed by atoms with Gasteiger partial charge in [-0.15, -0.1) is 0 Å². The predicted molar refractivity (Wildman–Crippen MR) is 106 cm³/mol. The number of nitrogens with one attached hydrogen (secondary N) is 1. The summed E-state index contributed by atoms with van der Waals surface area (Å²) in [5.74, 6) is 0.623. The highest BCUT2D eigenvalue weighted by atomic mass is 35.5. The van der Waals surface area contributed by atoms with E-state index in [9.17, 15) is 4.79 Å². The number of rotatable bonds is 3. The second kappa shape index (κ2) is 7.08. The van der Waals surface area contributed by atoms with Crippen molar-refractivity contribution in [1.29, 1.82) is 0 Å². The molecule has 1 atom stereocenters. The van der Waals surface area contributed by atoms with Crippen LogP contribution in [0.3, 0.4) is 0 Å². The molecule has 2 aromatic heterocycles. The van der Waals surface area contributed by atoms with Gasteiger partial charge in [0.2, 0.25) is 5.95 Å². The lowest BCUT2D eigenvalue weighted by Gasteiger charge is -2.35. The van der Waals surface area contributed by atoms with Crippen LogP contribution in [0.5, 0.6) is 0 Å². The van der Waals surface area contributed by atoms with E-state index in [0.717, 1.165) is 36.9 Å². The number of piperidine rings is 1. The molecule has 1 aliphatic rings. The minimum atomic E-state index is -0.173. The van der Waals surface area contributed by atoms with E-state index in [1.165, 1.54) is 6.42 Å². The fraction of sp³-hybridized carbons (Fsp3) is 0.350. The predicted octanol–water partition coefficient (Wildman–Crippen LogP) is 4.41. The maximum absolute atomic E-state index is 12.9. The van der Waals surface area contributed by atoms with Gasteiger partial charge in [0.25, 0.3) is 5.56 Å². The van der Waals surface area contributed by atoms with Crippen molar-refractivity contribution < 1.29 is 0 Å². The van der Waals surface area contributed by atoms with Gasteiger partial charge in [0.05, 0.1) is 5.39 Å². The monoisotopic (exact) mass is 368 g/mol. The van der Waals surface area contributed by atoms with Crippen molar-refractivity contribution >= 4 is 28.6 Å². The van der Waals surface area contributed by atoms with E-state index in [1.54, 1.807) is 6.20 Å². The van der Waals surface area contributed by atoms with Crippen molar-refractivity contribution in [2.75, 3.05) is 11.4 Å². The fourth-order valence-electron chi connectivity index (χ4n) is 3.80. The lowest BCUT2D eigenvalue weighted by Crippen LogP contribution is -2.41. The van der Waals surface area contributed by atoms with Crippen LogP contribution in [0.1, 0.15) is 32.6 Å². The van der Waals surface area contributed by atoms with Gasteiger partial charge in [-0.1, -0.05) is 36.7 Å². The largest absolute Gasteiger partial charge is 0.339 e. The summed E-state index contributed by atoms with van der Waals surface area (Å²) < 4.78 is 0. The molecule has 0 aliphatic carbocycles. The van der Waals surface area contributed by atoms with Crippen molar-refractivity contribution in [2.24, 2.45) is 0 Å². The molecule has 1 unspecified atom stereocenters. The van der Waals surface area contributed by atoms with E-state index >= 15 is 0 Å². The van der Waals surface area contributed by atoms with E-state index in [4.69, 9.17) is 11.6 Å². The molecular weight excluding hydrogens is 348 g/mol. The molecule has 5 nitrogen and oxygen atoms in total. The molecule has 0 amide bonds. The zero-order chi connectivity index (χ0) is 18.1. The number of hydrogen-bond acceptors (Lipinski definition) is 4. The number of halogens is 1. The molecule has 1 fully saturated rings. The van der Waals surface area contributed by atoms with E-state index in [1.807, 2.05) is 30.3 Å². The molecular formula is C20H21ClN4O. The highest BCUT2D eigenvalue weighted by Gasteiger charge is 2.24. The number of fused-ring (bicyclic) bond motifs is 1. The minimum absolute atomic E-state index is 0.173. The fourth-order valence-corrected chi connectivity index (χ4v) is 4.03. The smallest absolute Gasteiger partial charge is 0.262 e. The molecule has 26 heavy (non-hydrogen) atoms. The molecule has 0 radical (unpaired) electrons. The Hall–Kier alpha value is -2.40. The molecule has 1 aromatic carbocycles. The first kappa shape index (κ1) is 17.0. The highest BCUT2D eigenvalue weighted by Crippen LogP contribution is 2.31. The summed E-state index contributed by atoms with van der Waals surface area (Å²) in [6, 6.07) is 9.73. The molecule has 4 rings (SSSR count). The summed E-state index contributed by atoms with van der Waals surface area (Å²) >= 11 is 6.34. The third-order valence-corrected chi connectivity index (χ3v) is 5.46. The first-order valence-corrected chi connectivity index (χ1v) is 9.47. The molecule has 1 N–H and O–H groups in total. The maximum atomic E-state index is 12.9. The van der Waals surface area contributed by atoms with Crippen LogP contribution in [0.25, 0.3) is 22.2 Å². The van der Waals surface area contributed by atoms with Crippen LogP contribution in [0.4, 0.5) is 5.95 Å². The van der Waals surface area contributed by atoms with Gasteiger partial charge in [0.15, 0.2) is 5.65 Å². The molecule has 6 heteroatoms. The Morgan fingerprint density at radius 3 is 2.88 bits per heavy atom. The Balaban J connectivity index is 1.87. The Bertz CT molecular complexity index is 1000. The summed E-state index contributed by atoms with van der Waals surface area (Å²) in [6.07, 6.45) is 6.19. The van der Waals surface area contributed by atoms with Gasteiger partial charge in [-0.25, -0.2) is 4.98 Å². The standard InChI is InChI=1S/C20H21ClN4O/c1-2-13-7-5-6-12-25(13)20-23-18-17(19(26)24-20)15(10-11-22-18)14-8-3-4-9-16(14)21/h3-4,8-11,13H,2,5-7,12H2,1H3,(H,22,23,24,26). The molecule has 3 heterocycles. The third-order valence-electron chi connectivity index (χ3n) is 5.13. The summed E-state index contributed by atoms with van der Waals surface area (Å²) in [6.45, 7) is 3.09. The van der Waals surface area contributed by atoms with Gasteiger partial charge >= 0.3 is 0 Å². The number of pyridine rings is 1. The molecule has 1 aliphatic heterocycles. The number of nitrogens with zero attached hydrogens (tertiary/aromatic N) is 3. The topological polar surface area (TPSA) is 61.9 Å². The maximum Gasteiger partial charge on any atom is 0.262 e. The zero-order valence-electron chi connectivity index (χ0n) is 14.7. The second-order valence-electron chi connectivity index (χ2n) is 6.68. The third kappa shape index (κ3) is 2.97. The lowest BCUT2D eigenvalue weighted by atomic mass is 10.0. The van der Waals surface area contributed by atoms with Crippen molar-refractivity contribution in [3.63, 3.8) is 0 Å². The first-order valence-electron chi connectivity index (χ1n) is 9.09. The summed E-state index contributed by atoms with van der Waals surface area (Å²) in [7, 11) is 0. The van der Waals surface area contributed by atoms with Crippen molar-refractivity contribution in [3.05, 3.63) is 51.9 Å². The van der Waals surface area contributed by atoms with Crippen LogP contribution in [0.15, 0.2) is 41.3 Å². The normalized spacial score (nSPS) is 17.6. The Labute approximate surface area is 157 Å². The minimum Gasteiger partial charge on any atom is -0.339 e. The zero-order valence-corrected chi connectivity index (χ0v) is 15.5. The van der Waals surface area contributed by atoms with Crippen LogP contribution in [0.2, 0.25) is 5.02 Å². The van der Waals surface area contributed by atoms with Gasteiger partial charge < -0.3 is 4.90 Å². The van der Waals surface area contributed by atoms with Gasteiger partial charge in [-0.05, 0) is 37.8 Å². The number of anilines is 1. The molecule has 0 bridgehead atoms. The molecule has 3 aromatic rings. The Morgan fingerprint density at radius 1 is 1.23 bits per heavy atom. The summed E-state index contributed by atoms with van der Waals surface area (Å²) in [4.78, 5) is 27.2. The Kier molecular flexibility index (Phi) is 4.64. The van der Waals surface area contributed by atoms with Gasteiger partial charge in [-0.2, -0.15) is 4.98 Å². The number of aromatic amines is 1.